The lowest BCUT2D eigenvalue weighted by atomic mass is 9.99. The highest BCUT2D eigenvalue weighted by atomic mass is 16.5. The fourth-order valence-corrected chi connectivity index (χ4v) is 4.55. The number of carbonyl (C=O) groups excluding carboxylic acids is 1. The van der Waals surface area contributed by atoms with E-state index in [0.29, 0.717) is 24.5 Å². The lowest BCUT2D eigenvalue weighted by molar-refractivity contribution is 0.0952. The molecule has 4 aromatic carbocycles. The third-order valence-corrected chi connectivity index (χ3v) is 6.59. The van der Waals surface area contributed by atoms with Gasteiger partial charge in [0.25, 0.3) is 5.91 Å². The quantitative estimate of drug-likeness (QED) is 0.216. The highest BCUT2D eigenvalue weighted by molar-refractivity contribution is 5.96. The van der Waals surface area contributed by atoms with Crippen molar-refractivity contribution in [2.24, 2.45) is 0 Å². The first-order valence-electron chi connectivity index (χ1n) is 13.9. The lowest BCUT2D eigenvalue weighted by Crippen LogP contribution is -2.25. The number of nitrogens with one attached hydrogen (secondary N) is 1. The van der Waals surface area contributed by atoms with Gasteiger partial charge in [-0.15, -0.1) is 0 Å². The van der Waals surface area contributed by atoms with Gasteiger partial charge < -0.3 is 15.2 Å². The number of ether oxygens (including phenoxy) is 1. The molecular formula is C36H37NO3. The van der Waals surface area contributed by atoms with E-state index < -0.39 is 0 Å². The van der Waals surface area contributed by atoms with Gasteiger partial charge in [-0.05, 0) is 84.0 Å². The zero-order valence-electron chi connectivity index (χ0n) is 23.3. The van der Waals surface area contributed by atoms with Crippen LogP contribution >= 0.6 is 0 Å². The van der Waals surface area contributed by atoms with E-state index in [0.717, 1.165) is 46.4 Å². The Kier molecular flexibility index (Phi) is 10.3. The van der Waals surface area contributed by atoms with Gasteiger partial charge in [-0.3, -0.25) is 4.79 Å². The molecule has 0 fully saturated rings. The topological polar surface area (TPSA) is 58.6 Å². The number of rotatable bonds is 11. The minimum Gasteiger partial charge on any atom is -0.507 e. The molecule has 0 heterocycles. The van der Waals surface area contributed by atoms with Gasteiger partial charge in [0.1, 0.15) is 18.1 Å². The number of hydrogen-bond donors (Lipinski definition) is 2. The van der Waals surface area contributed by atoms with Gasteiger partial charge in [0, 0.05) is 17.3 Å². The van der Waals surface area contributed by atoms with Crippen molar-refractivity contribution in [1.82, 2.24) is 5.32 Å². The first-order chi connectivity index (χ1) is 19.6. The number of aromatic hydroxyl groups is 1. The van der Waals surface area contributed by atoms with Gasteiger partial charge in [0.2, 0.25) is 0 Å². The van der Waals surface area contributed by atoms with E-state index in [1.165, 1.54) is 5.56 Å². The number of benzene rings is 4. The predicted molar refractivity (Wildman–Crippen MR) is 165 cm³/mol. The number of carbonyl (C=O) groups is 1. The largest absolute Gasteiger partial charge is 0.507 e. The Morgan fingerprint density at radius 3 is 2.30 bits per heavy atom. The van der Waals surface area contributed by atoms with Crippen molar-refractivity contribution in [3.8, 4) is 22.6 Å². The molecule has 0 saturated carbocycles. The molecule has 2 N–H and O–H groups in total. The van der Waals surface area contributed by atoms with Crippen LogP contribution in [0.4, 0.5) is 0 Å². The van der Waals surface area contributed by atoms with E-state index in [1.54, 1.807) is 12.1 Å². The van der Waals surface area contributed by atoms with Gasteiger partial charge >= 0.3 is 0 Å². The molecule has 1 amide bonds. The van der Waals surface area contributed by atoms with Crippen molar-refractivity contribution in [3.05, 3.63) is 130 Å². The Hall–Kier alpha value is -4.57. The molecule has 0 radical (unpaired) electrons. The minimum atomic E-state index is -0.152. The molecule has 0 spiro atoms. The molecule has 0 unspecified atom stereocenters. The zero-order chi connectivity index (χ0) is 28.2. The smallest absolute Gasteiger partial charge is 0.251 e. The molecule has 4 heteroatoms. The first-order valence-corrected chi connectivity index (χ1v) is 13.9. The third-order valence-electron chi connectivity index (χ3n) is 6.59. The summed E-state index contributed by atoms with van der Waals surface area (Å²) in [7, 11) is 0. The van der Waals surface area contributed by atoms with Crippen LogP contribution in [0.15, 0.2) is 103 Å². The maximum Gasteiger partial charge on any atom is 0.251 e. The summed E-state index contributed by atoms with van der Waals surface area (Å²) < 4.78 is 6.15. The molecule has 4 rings (SSSR count). The fourth-order valence-electron chi connectivity index (χ4n) is 4.55. The molecule has 4 nitrogen and oxygen atoms in total. The first kappa shape index (κ1) is 28.4. The molecule has 0 aliphatic heterocycles. The Morgan fingerprint density at radius 1 is 0.900 bits per heavy atom. The van der Waals surface area contributed by atoms with Crippen molar-refractivity contribution < 1.29 is 14.6 Å². The Morgan fingerprint density at radius 2 is 1.60 bits per heavy atom. The highest BCUT2D eigenvalue weighted by Gasteiger charge is 2.12. The number of aryl methyl sites for hydroxylation is 1. The average molecular weight is 532 g/mol. The zero-order valence-corrected chi connectivity index (χ0v) is 23.3. The number of phenolic OH excluding ortho intramolecular Hbond substituents is 1. The van der Waals surface area contributed by atoms with Crippen LogP contribution in [0.3, 0.4) is 0 Å². The third kappa shape index (κ3) is 7.97. The molecule has 204 valence electrons. The number of amides is 1. The van der Waals surface area contributed by atoms with E-state index in [2.05, 4.69) is 17.4 Å². The highest BCUT2D eigenvalue weighted by Crippen LogP contribution is 2.27. The van der Waals surface area contributed by atoms with E-state index in [4.69, 9.17) is 4.74 Å². The Bertz CT molecular complexity index is 1560. The second kappa shape index (κ2) is 14.5. The second-order valence-electron chi connectivity index (χ2n) is 9.67. The number of allylic oxidation sites excluding steroid dienone is 2. The summed E-state index contributed by atoms with van der Waals surface area (Å²) in [4.78, 5) is 13.2. The Labute approximate surface area is 237 Å². The van der Waals surface area contributed by atoms with Crippen molar-refractivity contribution in [1.29, 1.82) is 0 Å². The molecular weight excluding hydrogens is 494 g/mol. The van der Waals surface area contributed by atoms with Crippen LogP contribution in [0.2, 0.25) is 0 Å². The number of phenols is 1. The molecule has 0 aliphatic carbocycles. The molecule has 0 aliphatic rings. The predicted octanol–water partition coefficient (Wildman–Crippen LogP) is 6.55. The van der Waals surface area contributed by atoms with Gasteiger partial charge in [-0.25, -0.2) is 0 Å². The average Bonchev–Trinajstić information content (AvgIpc) is 2.99. The summed E-state index contributed by atoms with van der Waals surface area (Å²) in [6.07, 6.45) is 10.5. The van der Waals surface area contributed by atoms with Crippen LogP contribution < -0.4 is 20.5 Å². The molecule has 0 saturated heterocycles. The van der Waals surface area contributed by atoms with Gasteiger partial charge in [0.15, 0.2) is 0 Å². The van der Waals surface area contributed by atoms with E-state index in [-0.39, 0.29) is 11.7 Å². The van der Waals surface area contributed by atoms with Crippen LogP contribution in [0, 0.1) is 0 Å². The van der Waals surface area contributed by atoms with Gasteiger partial charge in [-0.1, -0.05) is 91.9 Å². The van der Waals surface area contributed by atoms with Crippen molar-refractivity contribution in [3.63, 3.8) is 0 Å². The van der Waals surface area contributed by atoms with Crippen molar-refractivity contribution >= 4 is 18.1 Å². The Balaban J connectivity index is 1.64. The summed E-state index contributed by atoms with van der Waals surface area (Å²) in [6.45, 7) is 4.97. The van der Waals surface area contributed by atoms with E-state index >= 15 is 0 Å². The summed E-state index contributed by atoms with van der Waals surface area (Å²) in [5.41, 5.74) is 4.42. The van der Waals surface area contributed by atoms with Gasteiger partial charge in [-0.2, -0.15) is 0 Å². The number of hydrogen-bond acceptors (Lipinski definition) is 3. The van der Waals surface area contributed by atoms with Crippen LogP contribution in [0.5, 0.6) is 11.5 Å². The molecule has 0 aromatic heterocycles. The second-order valence-corrected chi connectivity index (χ2v) is 9.67. The summed E-state index contributed by atoms with van der Waals surface area (Å²) in [6, 6.07) is 29.6. The molecule has 0 bridgehead atoms. The van der Waals surface area contributed by atoms with Crippen molar-refractivity contribution in [2.75, 3.05) is 6.54 Å². The summed E-state index contributed by atoms with van der Waals surface area (Å²) in [5.74, 6) is 0.649. The maximum atomic E-state index is 13.2. The van der Waals surface area contributed by atoms with E-state index in [1.807, 2.05) is 105 Å². The standard InChI is InChI=1S/C36H37NO3/c1-3-5-19-29-21-31(25-35(38)34(29)13-4-2)30-22-32(24-33(23-30)40-26-28-16-10-7-11-17-28)36(39)37-20-12-18-27-14-8-6-9-15-27/h3,5-11,13-17,19,21-25,38H,4,12,18,20,26H2,1-2H3,(H,37,39)/b5-3-,29-19-,34-13-. The van der Waals surface area contributed by atoms with Crippen LogP contribution in [0.25, 0.3) is 23.3 Å². The van der Waals surface area contributed by atoms with Gasteiger partial charge in [0.05, 0.1) is 0 Å². The van der Waals surface area contributed by atoms with Crippen molar-refractivity contribution in [2.45, 2.75) is 39.7 Å². The monoisotopic (exact) mass is 531 g/mol. The normalized spacial score (nSPS) is 12.2. The molecule has 40 heavy (non-hydrogen) atoms. The maximum absolute atomic E-state index is 13.2. The SMILES string of the molecule is C\C=C/C=c1/cc(-c2cc(OCc3ccccc3)cc(C(=O)NCCCc3ccccc3)c2)cc(O)/c1=C\CC. The van der Waals surface area contributed by atoms with Crippen LogP contribution in [-0.2, 0) is 13.0 Å². The molecule has 0 atom stereocenters. The van der Waals surface area contributed by atoms with Crippen LogP contribution in [-0.4, -0.2) is 17.6 Å². The van der Waals surface area contributed by atoms with E-state index in [9.17, 15) is 9.90 Å². The summed E-state index contributed by atoms with van der Waals surface area (Å²) >= 11 is 0. The fraction of sp³-hybridized carbons (Fsp3) is 0.194. The lowest BCUT2D eigenvalue weighted by Gasteiger charge is -2.13. The minimum absolute atomic E-state index is 0.152. The molecule has 4 aromatic rings. The summed E-state index contributed by atoms with van der Waals surface area (Å²) in [5, 5.41) is 15.7. The van der Waals surface area contributed by atoms with Crippen LogP contribution in [0.1, 0.15) is 48.2 Å².